The van der Waals surface area contributed by atoms with E-state index in [2.05, 4.69) is 10.3 Å². The number of fused-ring (bicyclic) bond motifs is 2. The monoisotopic (exact) mass is 421 g/mol. The molecule has 0 saturated heterocycles. The second-order valence-corrected chi connectivity index (χ2v) is 7.02. The Morgan fingerprint density at radius 1 is 1.24 bits per heavy atom. The minimum absolute atomic E-state index is 0.105. The second kappa shape index (κ2) is 8.56. The van der Waals surface area contributed by atoms with E-state index in [1.807, 2.05) is 0 Å². The number of para-hydroxylation sites is 2. The first kappa shape index (κ1) is 19.3. The van der Waals surface area contributed by atoms with E-state index >= 15 is 0 Å². The van der Waals surface area contributed by atoms with Crippen LogP contribution in [-0.2, 0) is 11.3 Å². The van der Waals surface area contributed by atoms with Crippen molar-refractivity contribution in [3.8, 4) is 17.2 Å². The predicted molar refractivity (Wildman–Crippen MR) is 103 cm³/mol. The number of carbonyl (C=O) groups excluding carboxylic acids is 1. The molecule has 0 atom stereocenters. The summed E-state index contributed by atoms with van der Waals surface area (Å²) in [5, 5.41) is 2.83. The van der Waals surface area contributed by atoms with Gasteiger partial charge in [0.05, 0.1) is 17.6 Å². The third-order valence-corrected chi connectivity index (χ3v) is 4.85. The average molecular weight is 421 g/mol. The summed E-state index contributed by atoms with van der Waals surface area (Å²) in [4.78, 5) is 16.5. The molecule has 0 radical (unpaired) electrons. The van der Waals surface area contributed by atoms with Crippen LogP contribution >= 0.6 is 11.8 Å². The predicted octanol–water partition coefficient (Wildman–Crippen LogP) is 3.27. The highest BCUT2D eigenvalue weighted by atomic mass is 32.2. The molecule has 0 unspecified atom stereocenters. The second-order valence-electron chi connectivity index (χ2n) is 6.06. The van der Waals surface area contributed by atoms with E-state index in [-0.39, 0.29) is 37.6 Å². The summed E-state index contributed by atoms with van der Waals surface area (Å²) in [7, 11) is 0. The van der Waals surface area contributed by atoms with Gasteiger partial charge < -0.3 is 24.1 Å². The zero-order valence-electron chi connectivity index (χ0n) is 15.1. The van der Waals surface area contributed by atoms with Crippen LogP contribution in [-0.4, -0.2) is 41.2 Å². The highest BCUT2D eigenvalue weighted by Crippen LogP contribution is 2.35. The molecule has 7 nitrogen and oxygen atoms in total. The summed E-state index contributed by atoms with van der Waals surface area (Å²) >= 11 is 0.320. The van der Waals surface area contributed by atoms with Gasteiger partial charge in [-0.3, -0.25) is 4.79 Å². The largest absolute Gasteiger partial charge is 0.492 e. The van der Waals surface area contributed by atoms with Gasteiger partial charge in [-0.15, -0.1) is 0 Å². The lowest BCUT2D eigenvalue weighted by atomic mass is 10.3. The Balaban J connectivity index is 1.33. The van der Waals surface area contributed by atoms with Gasteiger partial charge in [0.1, 0.15) is 18.9 Å². The van der Waals surface area contributed by atoms with Crippen molar-refractivity contribution in [3.63, 3.8) is 0 Å². The van der Waals surface area contributed by atoms with Gasteiger partial charge in [-0.2, -0.15) is 8.78 Å². The first-order valence-electron chi connectivity index (χ1n) is 8.79. The Morgan fingerprint density at radius 2 is 2.07 bits per heavy atom. The molecule has 0 fully saturated rings. The standard InChI is InChI=1S/C19H17F2N3O4S/c20-18(21)29-19-23-13-3-1-2-4-14(13)24(19)10-17(25)22-7-8-26-12-5-6-15-16(9-12)28-11-27-15/h1-6,9,18H,7-8,10-11H2,(H,22,25). The van der Waals surface area contributed by atoms with Crippen LogP contribution in [0, 0.1) is 0 Å². The van der Waals surface area contributed by atoms with E-state index in [0.717, 1.165) is 0 Å². The van der Waals surface area contributed by atoms with Crippen molar-refractivity contribution >= 4 is 28.7 Å². The third kappa shape index (κ3) is 4.53. The van der Waals surface area contributed by atoms with Crippen LogP contribution in [0.3, 0.4) is 0 Å². The van der Waals surface area contributed by atoms with E-state index in [0.29, 0.717) is 40.0 Å². The molecule has 10 heteroatoms. The van der Waals surface area contributed by atoms with Crippen LogP contribution in [0.2, 0.25) is 0 Å². The molecule has 3 aromatic rings. The van der Waals surface area contributed by atoms with E-state index in [4.69, 9.17) is 14.2 Å². The van der Waals surface area contributed by atoms with Crippen LogP contribution in [0.1, 0.15) is 0 Å². The molecule has 0 bridgehead atoms. The number of alkyl halides is 2. The molecule has 0 saturated carbocycles. The number of benzene rings is 2. The number of imidazole rings is 1. The Morgan fingerprint density at radius 3 is 2.93 bits per heavy atom. The van der Waals surface area contributed by atoms with Crippen LogP contribution < -0.4 is 19.5 Å². The van der Waals surface area contributed by atoms with E-state index < -0.39 is 5.76 Å². The maximum Gasteiger partial charge on any atom is 0.291 e. The van der Waals surface area contributed by atoms with E-state index in [1.165, 1.54) is 4.57 Å². The maximum absolute atomic E-state index is 12.8. The van der Waals surface area contributed by atoms with Crippen LogP contribution in [0.15, 0.2) is 47.6 Å². The normalized spacial score (nSPS) is 12.5. The quantitative estimate of drug-likeness (QED) is 0.445. The lowest BCUT2D eigenvalue weighted by Gasteiger charge is -2.10. The summed E-state index contributed by atoms with van der Waals surface area (Å²) < 4.78 is 43.3. The highest BCUT2D eigenvalue weighted by molar-refractivity contribution is 7.99. The van der Waals surface area contributed by atoms with Crippen molar-refractivity contribution in [2.45, 2.75) is 17.5 Å². The lowest BCUT2D eigenvalue weighted by molar-refractivity contribution is -0.121. The molecular formula is C19H17F2N3O4S. The summed E-state index contributed by atoms with van der Waals surface area (Å²) in [6.45, 7) is 0.579. The fourth-order valence-electron chi connectivity index (χ4n) is 2.90. The zero-order valence-corrected chi connectivity index (χ0v) is 16.0. The third-order valence-electron chi connectivity index (χ3n) is 4.15. The van der Waals surface area contributed by atoms with Crippen LogP contribution in [0.25, 0.3) is 11.0 Å². The maximum atomic E-state index is 12.8. The van der Waals surface area contributed by atoms with Gasteiger partial charge >= 0.3 is 0 Å². The smallest absolute Gasteiger partial charge is 0.291 e. The van der Waals surface area contributed by atoms with Crippen LogP contribution in [0.5, 0.6) is 17.2 Å². The van der Waals surface area contributed by atoms with Gasteiger partial charge in [-0.25, -0.2) is 4.98 Å². The molecular weight excluding hydrogens is 404 g/mol. The fourth-order valence-corrected chi connectivity index (χ4v) is 3.50. The zero-order chi connectivity index (χ0) is 20.2. The minimum atomic E-state index is -2.62. The number of aromatic nitrogens is 2. The molecule has 1 N–H and O–H groups in total. The number of nitrogens with one attached hydrogen (secondary N) is 1. The molecule has 1 aliphatic rings. The summed E-state index contributed by atoms with van der Waals surface area (Å²) in [6, 6.07) is 12.2. The fraction of sp³-hybridized carbons (Fsp3) is 0.263. The molecule has 1 aliphatic heterocycles. The van der Waals surface area contributed by atoms with E-state index in [1.54, 1.807) is 42.5 Å². The van der Waals surface area contributed by atoms with Crippen molar-refractivity contribution in [1.29, 1.82) is 0 Å². The first-order valence-corrected chi connectivity index (χ1v) is 9.67. The number of thioether (sulfide) groups is 1. The van der Waals surface area contributed by atoms with Crippen molar-refractivity contribution in [1.82, 2.24) is 14.9 Å². The number of halogens is 2. The summed E-state index contributed by atoms with van der Waals surface area (Å²) in [6.07, 6.45) is 0. The van der Waals surface area contributed by atoms with Crippen molar-refractivity contribution in [3.05, 3.63) is 42.5 Å². The summed E-state index contributed by atoms with van der Waals surface area (Å²) in [5.41, 5.74) is 1.19. The van der Waals surface area contributed by atoms with Gasteiger partial charge in [0, 0.05) is 6.07 Å². The molecule has 4 rings (SSSR count). The summed E-state index contributed by atoms with van der Waals surface area (Å²) in [5.74, 6) is -1.07. The van der Waals surface area contributed by atoms with Gasteiger partial charge in [0.2, 0.25) is 12.7 Å². The number of ether oxygens (including phenoxy) is 3. The molecule has 2 heterocycles. The molecule has 1 aromatic heterocycles. The topological polar surface area (TPSA) is 74.6 Å². The molecule has 29 heavy (non-hydrogen) atoms. The first-order chi connectivity index (χ1) is 14.1. The van der Waals surface area contributed by atoms with Gasteiger partial charge in [-0.05, 0) is 36.0 Å². The number of carbonyl (C=O) groups is 1. The molecule has 152 valence electrons. The van der Waals surface area contributed by atoms with Crippen molar-refractivity contribution < 1.29 is 27.8 Å². The number of amides is 1. The SMILES string of the molecule is O=C(Cn1c(SC(F)F)nc2ccccc21)NCCOc1ccc2c(c1)OCO2. The Labute approximate surface area is 168 Å². The van der Waals surface area contributed by atoms with Crippen molar-refractivity contribution in [2.24, 2.45) is 0 Å². The van der Waals surface area contributed by atoms with Crippen LogP contribution in [0.4, 0.5) is 8.78 Å². The number of rotatable bonds is 8. The Hall–Kier alpha value is -3.01. The molecule has 0 spiro atoms. The van der Waals surface area contributed by atoms with Gasteiger partial charge in [0.25, 0.3) is 5.76 Å². The number of nitrogens with zero attached hydrogens (tertiary/aromatic N) is 2. The van der Waals surface area contributed by atoms with E-state index in [9.17, 15) is 13.6 Å². The van der Waals surface area contributed by atoms with Crippen molar-refractivity contribution in [2.75, 3.05) is 19.9 Å². The average Bonchev–Trinajstić information content (AvgIpc) is 3.29. The molecule has 1 amide bonds. The molecule has 2 aromatic carbocycles. The Bertz CT molecular complexity index is 1030. The highest BCUT2D eigenvalue weighted by Gasteiger charge is 2.18. The lowest BCUT2D eigenvalue weighted by Crippen LogP contribution is -2.31. The number of hydrogen-bond acceptors (Lipinski definition) is 6. The Kier molecular flexibility index (Phi) is 5.70. The van der Waals surface area contributed by atoms with Gasteiger partial charge in [0.15, 0.2) is 16.7 Å². The molecule has 0 aliphatic carbocycles. The van der Waals surface area contributed by atoms with Gasteiger partial charge in [-0.1, -0.05) is 12.1 Å². The minimum Gasteiger partial charge on any atom is -0.492 e. The number of hydrogen-bond donors (Lipinski definition) is 1.